The zero-order chi connectivity index (χ0) is 20.2. The van der Waals surface area contributed by atoms with Crippen molar-refractivity contribution >= 4 is 17.0 Å². The monoisotopic (exact) mass is 394 g/mol. The Labute approximate surface area is 169 Å². The summed E-state index contributed by atoms with van der Waals surface area (Å²) in [4.78, 5) is 12.0. The van der Waals surface area contributed by atoms with Crippen LogP contribution in [0.3, 0.4) is 0 Å². The third-order valence-electron chi connectivity index (χ3n) is 5.68. The minimum Gasteiger partial charge on any atom is -0.497 e. The zero-order valence-corrected chi connectivity index (χ0v) is 17.3. The van der Waals surface area contributed by atoms with E-state index in [1.54, 1.807) is 7.11 Å². The fourth-order valence-corrected chi connectivity index (χ4v) is 3.89. The molecule has 0 unspecified atom stereocenters. The fraction of sp³-hybridized carbons (Fsp3) is 0.524. The highest BCUT2D eigenvalue weighted by Crippen LogP contribution is 2.41. The molecule has 4 heterocycles. The maximum absolute atomic E-state index is 5.42. The highest BCUT2D eigenvalue weighted by Gasteiger charge is 2.50. The van der Waals surface area contributed by atoms with E-state index in [1.807, 2.05) is 28.9 Å². The molecule has 8 heteroatoms. The Hall–Kier alpha value is -2.74. The topological polar surface area (TPSA) is 78.2 Å². The van der Waals surface area contributed by atoms with Gasteiger partial charge in [0, 0.05) is 18.5 Å². The first-order valence-electron chi connectivity index (χ1n) is 9.94. The van der Waals surface area contributed by atoms with Crippen molar-refractivity contribution in [2.24, 2.45) is 5.41 Å². The number of ether oxygens (including phenoxy) is 2. The van der Waals surface area contributed by atoms with Gasteiger partial charge in [-0.1, -0.05) is 38.1 Å². The summed E-state index contributed by atoms with van der Waals surface area (Å²) < 4.78 is 12.5. The van der Waals surface area contributed by atoms with Crippen LogP contribution in [0.1, 0.15) is 32.2 Å². The summed E-state index contributed by atoms with van der Waals surface area (Å²) in [6, 6.07) is 7.98. The van der Waals surface area contributed by atoms with E-state index in [1.165, 1.54) is 0 Å². The van der Waals surface area contributed by atoms with Crippen LogP contribution in [0.4, 0.5) is 5.82 Å². The van der Waals surface area contributed by atoms with Crippen LogP contribution in [0.25, 0.3) is 11.2 Å². The van der Waals surface area contributed by atoms with E-state index < -0.39 is 0 Å². The van der Waals surface area contributed by atoms with E-state index in [0.29, 0.717) is 12.0 Å². The molecule has 0 bridgehead atoms. The van der Waals surface area contributed by atoms with Gasteiger partial charge in [-0.15, -0.1) is 5.10 Å². The fourth-order valence-electron chi connectivity index (χ4n) is 3.89. The van der Waals surface area contributed by atoms with E-state index in [2.05, 4.69) is 36.0 Å². The minimum absolute atomic E-state index is 0.166. The van der Waals surface area contributed by atoms with Crippen LogP contribution in [0.5, 0.6) is 5.75 Å². The Balaban J connectivity index is 1.53. The van der Waals surface area contributed by atoms with Gasteiger partial charge in [-0.3, -0.25) is 0 Å². The van der Waals surface area contributed by atoms with E-state index in [9.17, 15) is 0 Å². The molecule has 1 spiro atoms. The predicted molar refractivity (Wildman–Crippen MR) is 109 cm³/mol. The Bertz CT molecular complexity index is 1040. The number of anilines is 1. The molecule has 2 saturated heterocycles. The molecular formula is C21H26N6O2. The smallest absolute Gasteiger partial charge is 0.184 e. The number of aromatic nitrogens is 5. The lowest BCUT2D eigenvalue weighted by Gasteiger charge is -2.55. The second-order valence-electron chi connectivity index (χ2n) is 9.24. The third-order valence-corrected chi connectivity index (χ3v) is 5.68. The number of fused-ring (bicyclic) bond motifs is 1. The van der Waals surface area contributed by atoms with Crippen LogP contribution in [0.2, 0.25) is 0 Å². The molecule has 0 amide bonds. The van der Waals surface area contributed by atoms with Crippen molar-refractivity contribution in [2.45, 2.75) is 32.7 Å². The van der Waals surface area contributed by atoms with Crippen LogP contribution in [-0.4, -0.2) is 58.4 Å². The molecule has 8 nitrogen and oxygen atoms in total. The average molecular weight is 394 g/mol. The highest BCUT2D eigenvalue weighted by molar-refractivity contribution is 5.83. The molecule has 152 valence electrons. The molecule has 2 aliphatic heterocycles. The number of hydrogen-bond donors (Lipinski definition) is 0. The van der Waals surface area contributed by atoms with Crippen molar-refractivity contribution in [3.63, 3.8) is 0 Å². The van der Waals surface area contributed by atoms with Gasteiger partial charge in [0.05, 0.1) is 32.3 Å². The first-order valence-corrected chi connectivity index (χ1v) is 9.94. The Morgan fingerprint density at radius 3 is 2.41 bits per heavy atom. The van der Waals surface area contributed by atoms with Gasteiger partial charge in [0.25, 0.3) is 0 Å². The highest BCUT2D eigenvalue weighted by atomic mass is 16.5. The molecule has 0 aliphatic carbocycles. The van der Waals surface area contributed by atoms with Crippen LogP contribution < -0.4 is 9.64 Å². The van der Waals surface area contributed by atoms with Crippen molar-refractivity contribution in [1.82, 2.24) is 25.0 Å². The summed E-state index contributed by atoms with van der Waals surface area (Å²) >= 11 is 0. The molecule has 0 atom stereocenters. The maximum Gasteiger partial charge on any atom is 0.184 e. The van der Waals surface area contributed by atoms with Gasteiger partial charge in [-0.2, -0.15) is 0 Å². The number of rotatable bonds is 4. The molecule has 2 aromatic heterocycles. The summed E-state index contributed by atoms with van der Waals surface area (Å²) in [5.74, 6) is 2.53. The standard InChI is InChI=1S/C21H26N6O2/c1-20(2,3)19-22-17(26-10-21(11-26)12-29-13-21)16-18(23-19)27(25-24-16)9-14-5-7-15(28-4)8-6-14/h5-8H,9-13H2,1-4H3. The quantitative estimate of drug-likeness (QED) is 0.672. The largest absolute Gasteiger partial charge is 0.497 e. The van der Waals surface area contributed by atoms with Crippen LogP contribution in [0.15, 0.2) is 24.3 Å². The Morgan fingerprint density at radius 2 is 1.83 bits per heavy atom. The van der Waals surface area contributed by atoms with Gasteiger partial charge >= 0.3 is 0 Å². The van der Waals surface area contributed by atoms with Gasteiger partial charge in [0.1, 0.15) is 11.6 Å². The van der Waals surface area contributed by atoms with Crippen molar-refractivity contribution in [3.05, 3.63) is 35.7 Å². The molecule has 0 radical (unpaired) electrons. The molecule has 2 aliphatic rings. The summed E-state index contributed by atoms with van der Waals surface area (Å²) in [7, 11) is 1.67. The van der Waals surface area contributed by atoms with Crippen molar-refractivity contribution in [3.8, 4) is 5.75 Å². The van der Waals surface area contributed by atoms with Gasteiger partial charge in [-0.25, -0.2) is 14.6 Å². The SMILES string of the molecule is COc1ccc(Cn2nnc3c(N4CC5(COC5)C4)nc(C(C)(C)C)nc32)cc1. The molecule has 5 rings (SSSR count). The number of nitrogens with zero attached hydrogens (tertiary/aromatic N) is 6. The molecule has 0 N–H and O–H groups in total. The Morgan fingerprint density at radius 1 is 1.10 bits per heavy atom. The minimum atomic E-state index is -0.166. The lowest BCUT2D eigenvalue weighted by atomic mass is 9.78. The van der Waals surface area contributed by atoms with E-state index >= 15 is 0 Å². The van der Waals surface area contributed by atoms with Crippen molar-refractivity contribution in [2.75, 3.05) is 38.3 Å². The van der Waals surface area contributed by atoms with E-state index in [0.717, 1.165) is 60.4 Å². The summed E-state index contributed by atoms with van der Waals surface area (Å²) in [6.07, 6.45) is 0. The van der Waals surface area contributed by atoms with Crippen LogP contribution in [0, 0.1) is 5.41 Å². The first kappa shape index (κ1) is 18.3. The van der Waals surface area contributed by atoms with Crippen LogP contribution >= 0.6 is 0 Å². The Kier molecular flexibility index (Phi) is 4.03. The van der Waals surface area contributed by atoms with Gasteiger partial charge in [0.2, 0.25) is 0 Å². The molecule has 29 heavy (non-hydrogen) atoms. The lowest BCUT2D eigenvalue weighted by Crippen LogP contribution is -2.66. The van der Waals surface area contributed by atoms with Crippen LogP contribution in [-0.2, 0) is 16.7 Å². The molecule has 1 aromatic carbocycles. The van der Waals surface area contributed by atoms with Crippen molar-refractivity contribution in [1.29, 1.82) is 0 Å². The number of benzene rings is 1. The molecular weight excluding hydrogens is 368 g/mol. The van der Waals surface area contributed by atoms with Crippen molar-refractivity contribution < 1.29 is 9.47 Å². The second kappa shape index (κ2) is 6.38. The summed E-state index contributed by atoms with van der Waals surface area (Å²) in [5.41, 5.74) is 2.80. The maximum atomic E-state index is 5.42. The average Bonchev–Trinajstić information content (AvgIpc) is 3.02. The predicted octanol–water partition coefficient (Wildman–Crippen LogP) is 2.41. The van der Waals surface area contributed by atoms with Gasteiger partial charge in [0.15, 0.2) is 17.0 Å². The summed E-state index contributed by atoms with van der Waals surface area (Å²) in [6.45, 7) is 10.6. The van der Waals surface area contributed by atoms with E-state index in [4.69, 9.17) is 19.4 Å². The second-order valence-corrected chi connectivity index (χ2v) is 9.24. The first-order chi connectivity index (χ1) is 13.9. The molecule has 2 fully saturated rings. The zero-order valence-electron chi connectivity index (χ0n) is 17.3. The third kappa shape index (κ3) is 3.11. The number of methoxy groups -OCH3 is 1. The van der Waals surface area contributed by atoms with E-state index in [-0.39, 0.29) is 5.41 Å². The van der Waals surface area contributed by atoms with Gasteiger partial charge in [-0.05, 0) is 17.7 Å². The summed E-state index contributed by atoms with van der Waals surface area (Å²) in [5, 5.41) is 8.87. The lowest BCUT2D eigenvalue weighted by molar-refractivity contribution is -0.127. The van der Waals surface area contributed by atoms with Gasteiger partial charge < -0.3 is 14.4 Å². The molecule has 0 saturated carbocycles. The normalized spacial score (nSPS) is 18.0. The number of hydrogen-bond acceptors (Lipinski definition) is 7. The molecule has 3 aromatic rings.